The molecule has 3 nitrogen and oxygen atoms in total. The summed E-state index contributed by atoms with van der Waals surface area (Å²) in [5.41, 5.74) is 1.61. The van der Waals surface area contributed by atoms with Crippen molar-refractivity contribution in [3.63, 3.8) is 0 Å². The summed E-state index contributed by atoms with van der Waals surface area (Å²) in [7, 11) is 0. The lowest BCUT2D eigenvalue weighted by Gasteiger charge is -2.10. The Labute approximate surface area is 133 Å². The molecule has 0 atom stereocenters. The molecule has 0 aliphatic rings. The largest absolute Gasteiger partial charge is 0.323 e. The van der Waals surface area contributed by atoms with E-state index < -0.39 is 0 Å². The molecule has 0 aliphatic heterocycles. The fraction of sp³-hybridized carbons (Fsp3) is 0. The number of nitrogens with one attached hydrogen (secondary N) is 2. The van der Waals surface area contributed by atoms with E-state index in [2.05, 4.69) is 55.8 Å². The molecular formula is C13H10I2N2O. The maximum Gasteiger partial charge on any atom is 0.323 e. The minimum Gasteiger partial charge on any atom is -0.307 e. The maximum absolute atomic E-state index is 11.9. The summed E-state index contributed by atoms with van der Waals surface area (Å²) in [6.07, 6.45) is 0. The molecule has 2 N–H and O–H groups in total. The van der Waals surface area contributed by atoms with Gasteiger partial charge in [-0.05, 0) is 69.4 Å². The van der Waals surface area contributed by atoms with Crippen molar-refractivity contribution in [3.8, 4) is 0 Å². The van der Waals surface area contributed by atoms with Crippen molar-refractivity contribution < 1.29 is 4.79 Å². The zero-order valence-corrected chi connectivity index (χ0v) is 13.6. The summed E-state index contributed by atoms with van der Waals surface area (Å²) in [6.45, 7) is 0. The fourth-order valence-electron chi connectivity index (χ4n) is 1.40. The van der Waals surface area contributed by atoms with Crippen molar-refractivity contribution in [1.29, 1.82) is 0 Å². The third kappa shape index (κ3) is 3.58. The number of hydrogen-bond acceptors (Lipinski definition) is 1. The molecule has 0 radical (unpaired) electrons. The van der Waals surface area contributed by atoms with Gasteiger partial charge < -0.3 is 10.6 Å². The van der Waals surface area contributed by atoms with Gasteiger partial charge in [-0.2, -0.15) is 0 Å². The highest BCUT2D eigenvalue weighted by molar-refractivity contribution is 14.1. The Kier molecular flexibility index (Phi) is 4.81. The van der Waals surface area contributed by atoms with E-state index in [0.29, 0.717) is 0 Å². The molecule has 0 fully saturated rings. The maximum atomic E-state index is 11.9. The number of carbonyl (C=O) groups is 1. The van der Waals surface area contributed by atoms with Crippen molar-refractivity contribution in [2.75, 3.05) is 10.6 Å². The molecule has 0 saturated carbocycles. The van der Waals surface area contributed by atoms with Crippen LogP contribution in [-0.2, 0) is 0 Å². The summed E-state index contributed by atoms with van der Waals surface area (Å²) in [4.78, 5) is 11.9. The number of carbonyl (C=O) groups excluding carboxylic acids is 1. The smallest absolute Gasteiger partial charge is 0.307 e. The molecule has 92 valence electrons. The van der Waals surface area contributed by atoms with Gasteiger partial charge in [0.25, 0.3) is 0 Å². The van der Waals surface area contributed by atoms with Crippen LogP contribution in [0.4, 0.5) is 16.2 Å². The number of benzene rings is 2. The Morgan fingerprint density at radius 1 is 0.778 bits per heavy atom. The fourth-order valence-corrected chi connectivity index (χ4v) is 2.45. The van der Waals surface area contributed by atoms with Crippen LogP contribution < -0.4 is 10.6 Å². The second-order valence-electron chi connectivity index (χ2n) is 3.54. The van der Waals surface area contributed by atoms with Crippen LogP contribution in [0, 0.1) is 7.14 Å². The molecule has 0 bridgehead atoms. The molecule has 0 aliphatic carbocycles. The first-order valence-electron chi connectivity index (χ1n) is 5.24. The Bertz CT molecular complexity index is 523. The standard InChI is InChI=1S/C13H10I2N2O/c14-9-5-1-3-7-11(9)16-13(18)17-12-8-4-2-6-10(12)15/h1-8H,(H2,16,17,18). The molecule has 0 unspecified atom stereocenters. The van der Waals surface area contributed by atoms with Gasteiger partial charge in [0.15, 0.2) is 0 Å². The summed E-state index contributed by atoms with van der Waals surface area (Å²) in [6, 6.07) is 15.1. The summed E-state index contributed by atoms with van der Waals surface area (Å²) in [5, 5.41) is 5.65. The van der Waals surface area contributed by atoms with Crippen molar-refractivity contribution >= 4 is 62.6 Å². The number of hydrogen-bond donors (Lipinski definition) is 2. The van der Waals surface area contributed by atoms with E-state index in [4.69, 9.17) is 0 Å². The SMILES string of the molecule is O=C(Nc1ccccc1I)Nc1ccccc1I. The van der Waals surface area contributed by atoms with Gasteiger partial charge in [-0.1, -0.05) is 24.3 Å². The van der Waals surface area contributed by atoms with Crippen LogP contribution >= 0.6 is 45.2 Å². The lowest BCUT2D eigenvalue weighted by Crippen LogP contribution is -2.20. The first kappa shape index (κ1) is 13.6. The molecule has 0 saturated heterocycles. The number of amides is 2. The minimum absolute atomic E-state index is 0.233. The highest BCUT2D eigenvalue weighted by Crippen LogP contribution is 2.19. The molecule has 0 heterocycles. The quantitative estimate of drug-likeness (QED) is 0.631. The number of halogens is 2. The lowest BCUT2D eigenvalue weighted by molar-refractivity contribution is 0.262. The molecule has 0 spiro atoms. The van der Waals surface area contributed by atoms with E-state index in [-0.39, 0.29) is 6.03 Å². The second-order valence-corrected chi connectivity index (χ2v) is 5.86. The highest BCUT2D eigenvalue weighted by Gasteiger charge is 2.06. The highest BCUT2D eigenvalue weighted by atomic mass is 127. The van der Waals surface area contributed by atoms with Crippen LogP contribution in [0.25, 0.3) is 0 Å². The molecule has 2 aromatic rings. The number of rotatable bonds is 2. The Hall–Kier alpha value is -0.830. The summed E-state index contributed by atoms with van der Waals surface area (Å²) in [5.74, 6) is 0. The van der Waals surface area contributed by atoms with Gasteiger partial charge in [-0.25, -0.2) is 4.79 Å². The molecule has 2 aromatic carbocycles. The molecular weight excluding hydrogens is 454 g/mol. The van der Waals surface area contributed by atoms with Gasteiger partial charge in [0.05, 0.1) is 11.4 Å². The van der Waals surface area contributed by atoms with Crippen molar-refractivity contribution in [3.05, 3.63) is 55.7 Å². The van der Waals surface area contributed by atoms with Crippen LogP contribution in [0.3, 0.4) is 0 Å². The lowest BCUT2D eigenvalue weighted by atomic mass is 10.3. The average Bonchev–Trinajstić information content (AvgIpc) is 2.35. The molecule has 5 heteroatoms. The van der Waals surface area contributed by atoms with E-state index in [0.717, 1.165) is 18.5 Å². The molecule has 2 rings (SSSR count). The van der Waals surface area contributed by atoms with E-state index in [1.165, 1.54) is 0 Å². The van der Waals surface area contributed by atoms with Gasteiger partial charge in [-0.15, -0.1) is 0 Å². The predicted octanol–water partition coefficient (Wildman–Crippen LogP) is 4.54. The summed E-state index contributed by atoms with van der Waals surface area (Å²) >= 11 is 4.37. The van der Waals surface area contributed by atoms with Crippen molar-refractivity contribution in [1.82, 2.24) is 0 Å². The van der Waals surface area contributed by atoms with Gasteiger partial charge in [0, 0.05) is 7.14 Å². The average molecular weight is 464 g/mol. The van der Waals surface area contributed by atoms with Crippen molar-refractivity contribution in [2.45, 2.75) is 0 Å². The third-order valence-electron chi connectivity index (χ3n) is 2.24. The van der Waals surface area contributed by atoms with Gasteiger partial charge in [0.2, 0.25) is 0 Å². The van der Waals surface area contributed by atoms with E-state index >= 15 is 0 Å². The van der Waals surface area contributed by atoms with Crippen LogP contribution in [0.2, 0.25) is 0 Å². The molecule has 2 amide bonds. The predicted molar refractivity (Wildman–Crippen MR) is 91.0 cm³/mol. The van der Waals surface area contributed by atoms with Crippen LogP contribution in [0.5, 0.6) is 0 Å². The first-order valence-corrected chi connectivity index (χ1v) is 7.39. The van der Waals surface area contributed by atoms with Gasteiger partial charge >= 0.3 is 6.03 Å². The van der Waals surface area contributed by atoms with Gasteiger partial charge in [0.1, 0.15) is 0 Å². The Morgan fingerprint density at radius 3 is 1.56 bits per heavy atom. The molecule has 18 heavy (non-hydrogen) atoms. The van der Waals surface area contributed by atoms with Crippen LogP contribution in [0.15, 0.2) is 48.5 Å². The van der Waals surface area contributed by atoms with E-state index in [9.17, 15) is 4.79 Å². The number of anilines is 2. The van der Waals surface area contributed by atoms with Gasteiger partial charge in [-0.3, -0.25) is 0 Å². The normalized spacial score (nSPS) is 9.89. The Balaban J connectivity index is 2.06. The Morgan fingerprint density at radius 2 is 1.17 bits per heavy atom. The number of urea groups is 1. The summed E-state index contributed by atoms with van der Waals surface area (Å²) < 4.78 is 2.01. The topological polar surface area (TPSA) is 41.1 Å². The van der Waals surface area contributed by atoms with E-state index in [1.54, 1.807) is 0 Å². The van der Waals surface area contributed by atoms with E-state index in [1.807, 2.05) is 48.5 Å². The van der Waals surface area contributed by atoms with Crippen LogP contribution in [-0.4, -0.2) is 6.03 Å². The zero-order chi connectivity index (χ0) is 13.0. The van der Waals surface area contributed by atoms with Crippen LogP contribution in [0.1, 0.15) is 0 Å². The second kappa shape index (κ2) is 6.37. The number of para-hydroxylation sites is 2. The third-order valence-corrected chi connectivity index (χ3v) is 4.13. The molecule has 0 aromatic heterocycles. The zero-order valence-electron chi connectivity index (χ0n) is 9.28. The minimum atomic E-state index is -0.233. The van der Waals surface area contributed by atoms with Crippen molar-refractivity contribution in [2.24, 2.45) is 0 Å². The monoisotopic (exact) mass is 464 g/mol. The first-order chi connectivity index (χ1) is 8.66.